The summed E-state index contributed by atoms with van der Waals surface area (Å²) in [4.78, 5) is 22.5. The molecule has 0 radical (unpaired) electrons. The fourth-order valence-electron chi connectivity index (χ4n) is 2.63. The van der Waals surface area contributed by atoms with E-state index in [1.807, 2.05) is 36.4 Å². The van der Waals surface area contributed by atoms with Crippen LogP contribution in [0.3, 0.4) is 0 Å². The molecular weight excluding hydrogens is 292 g/mol. The minimum absolute atomic E-state index is 0.184. The molecule has 7 heteroatoms. The summed E-state index contributed by atoms with van der Waals surface area (Å²) in [7, 11) is 0. The van der Waals surface area contributed by atoms with E-state index < -0.39 is 0 Å². The molecule has 3 rings (SSSR count). The van der Waals surface area contributed by atoms with Crippen LogP contribution in [0.5, 0.6) is 0 Å². The summed E-state index contributed by atoms with van der Waals surface area (Å²) in [6.07, 6.45) is 4.97. The summed E-state index contributed by atoms with van der Waals surface area (Å²) >= 11 is 0. The number of aromatic nitrogens is 4. The first-order chi connectivity index (χ1) is 10.9. The number of carbonyl (C=O) groups excluding carboxylic acids is 1. The first-order valence-electron chi connectivity index (χ1n) is 7.78. The molecule has 2 aromatic rings. The predicted molar refractivity (Wildman–Crippen MR) is 86.5 cm³/mol. The van der Waals surface area contributed by atoms with Gasteiger partial charge in [-0.15, -0.1) is 0 Å². The minimum Gasteiger partial charge on any atom is -0.363 e. The fraction of sp³-hybridized carbons (Fsp3) is 0.500. The highest BCUT2D eigenvalue weighted by atomic mass is 16.2. The zero-order chi connectivity index (χ0) is 16.4. The van der Waals surface area contributed by atoms with Crippen LogP contribution in [0.2, 0.25) is 0 Å². The van der Waals surface area contributed by atoms with Gasteiger partial charge in [-0.3, -0.25) is 14.5 Å². The summed E-state index contributed by atoms with van der Waals surface area (Å²) < 4.78 is 1.99. The van der Waals surface area contributed by atoms with Crippen LogP contribution in [-0.4, -0.2) is 37.1 Å². The van der Waals surface area contributed by atoms with E-state index in [4.69, 9.17) is 0 Å². The van der Waals surface area contributed by atoms with E-state index in [0.29, 0.717) is 19.6 Å². The average molecular weight is 314 g/mol. The number of amides is 1. The van der Waals surface area contributed by atoms with Gasteiger partial charge in [-0.05, 0) is 6.07 Å². The molecule has 7 nitrogen and oxygen atoms in total. The molecule has 122 valence electrons. The van der Waals surface area contributed by atoms with Crippen molar-refractivity contribution in [2.45, 2.75) is 40.4 Å². The summed E-state index contributed by atoms with van der Waals surface area (Å²) in [6, 6.07) is 2.05. The molecule has 0 aliphatic carbocycles. The Hall–Kier alpha value is -2.44. The van der Waals surface area contributed by atoms with Gasteiger partial charge in [0.1, 0.15) is 5.82 Å². The van der Waals surface area contributed by atoms with Crippen LogP contribution in [0.15, 0.2) is 24.7 Å². The second-order valence-electron chi connectivity index (χ2n) is 6.77. The largest absolute Gasteiger partial charge is 0.363 e. The quantitative estimate of drug-likeness (QED) is 0.932. The highest BCUT2D eigenvalue weighted by Gasteiger charge is 2.30. The standard InChI is InChI=1S/C16H22N6O/c1-16(2,3)15(23)21-6-7-22-13(11-21)8-12(20-22)9-19-14-10-17-4-5-18-14/h4-5,8,10H,6-7,9,11H2,1-3H3,(H,18,19). The Bertz CT molecular complexity index is 688. The third kappa shape index (κ3) is 3.49. The van der Waals surface area contributed by atoms with Crippen molar-refractivity contribution in [3.05, 3.63) is 36.0 Å². The third-order valence-corrected chi connectivity index (χ3v) is 3.79. The van der Waals surface area contributed by atoms with Gasteiger partial charge in [0, 0.05) is 24.4 Å². The van der Waals surface area contributed by atoms with Crippen LogP contribution in [0.1, 0.15) is 32.2 Å². The first-order valence-corrected chi connectivity index (χ1v) is 7.78. The molecule has 0 bridgehead atoms. The highest BCUT2D eigenvalue weighted by Crippen LogP contribution is 2.22. The smallest absolute Gasteiger partial charge is 0.228 e. The van der Waals surface area contributed by atoms with E-state index in [-0.39, 0.29) is 11.3 Å². The molecule has 23 heavy (non-hydrogen) atoms. The van der Waals surface area contributed by atoms with Crippen LogP contribution in [0.25, 0.3) is 0 Å². The number of nitrogens with zero attached hydrogens (tertiary/aromatic N) is 5. The zero-order valence-corrected chi connectivity index (χ0v) is 13.8. The van der Waals surface area contributed by atoms with Gasteiger partial charge < -0.3 is 10.2 Å². The number of nitrogens with one attached hydrogen (secondary N) is 1. The lowest BCUT2D eigenvalue weighted by Gasteiger charge is -2.32. The molecule has 1 aliphatic heterocycles. The van der Waals surface area contributed by atoms with Crippen molar-refractivity contribution in [3.63, 3.8) is 0 Å². The van der Waals surface area contributed by atoms with Crippen molar-refractivity contribution < 1.29 is 4.79 Å². The third-order valence-electron chi connectivity index (χ3n) is 3.79. The summed E-state index contributed by atoms with van der Waals surface area (Å²) in [5, 5.41) is 7.79. The van der Waals surface area contributed by atoms with Gasteiger partial charge in [-0.2, -0.15) is 5.10 Å². The Kier molecular flexibility index (Phi) is 4.02. The van der Waals surface area contributed by atoms with E-state index >= 15 is 0 Å². The van der Waals surface area contributed by atoms with Crippen LogP contribution in [-0.2, 0) is 24.4 Å². The van der Waals surface area contributed by atoms with Gasteiger partial charge in [0.2, 0.25) is 5.91 Å². The molecule has 0 spiro atoms. The maximum atomic E-state index is 12.4. The molecule has 2 aromatic heterocycles. The normalized spacial score (nSPS) is 14.5. The molecule has 3 heterocycles. The average Bonchev–Trinajstić information content (AvgIpc) is 2.94. The molecule has 0 saturated carbocycles. The van der Waals surface area contributed by atoms with Gasteiger partial charge in [0.05, 0.1) is 37.2 Å². The number of hydrogen-bond acceptors (Lipinski definition) is 5. The van der Waals surface area contributed by atoms with Crippen LogP contribution in [0, 0.1) is 5.41 Å². The number of hydrogen-bond donors (Lipinski definition) is 1. The summed E-state index contributed by atoms with van der Waals surface area (Å²) in [6.45, 7) is 8.52. The van der Waals surface area contributed by atoms with E-state index in [2.05, 4.69) is 20.4 Å². The molecule has 1 amide bonds. The SMILES string of the molecule is CC(C)(C)C(=O)N1CCn2nc(CNc3cnccn3)cc2C1. The van der Waals surface area contributed by atoms with E-state index in [1.165, 1.54) is 0 Å². The van der Waals surface area contributed by atoms with Gasteiger partial charge >= 0.3 is 0 Å². The summed E-state index contributed by atoms with van der Waals surface area (Å²) in [5.41, 5.74) is 1.67. The Morgan fingerprint density at radius 2 is 2.13 bits per heavy atom. The highest BCUT2D eigenvalue weighted by molar-refractivity contribution is 5.81. The number of rotatable bonds is 3. The number of carbonyl (C=O) groups is 1. The number of fused-ring (bicyclic) bond motifs is 1. The lowest BCUT2D eigenvalue weighted by atomic mass is 9.94. The molecule has 0 unspecified atom stereocenters. The molecule has 0 aromatic carbocycles. The van der Waals surface area contributed by atoms with Gasteiger partial charge in [0.15, 0.2) is 0 Å². The van der Waals surface area contributed by atoms with E-state index in [0.717, 1.165) is 23.8 Å². The predicted octanol–water partition coefficient (Wildman–Crippen LogP) is 1.67. The van der Waals surface area contributed by atoms with E-state index in [9.17, 15) is 4.79 Å². The fourth-order valence-corrected chi connectivity index (χ4v) is 2.63. The topological polar surface area (TPSA) is 75.9 Å². The van der Waals surface area contributed by atoms with Gasteiger partial charge in [-0.25, -0.2) is 4.98 Å². The Balaban J connectivity index is 1.66. The molecular formula is C16H22N6O. The van der Waals surface area contributed by atoms with Crippen molar-refractivity contribution in [2.24, 2.45) is 5.41 Å². The summed E-state index contributed by atoms with van der Waals surface area (Å²) in [5.74, 6) is 0.909. The maximum absolute atomic E-state index is 12.4. The minimum atomic E-state index is -0.349. The molecule has 0 atom stereocenters. The number of anilines is 1. The molecule has 0 saturated heterocycles. The lowest BCUT2D eigenvalue weighted by Crippen LogP contribution is -2.43. The molecule has 0 fully saturated rings. The van der Waals surface area contributed by atoms with Crippen molar-refractivity contribution in [1.82, 2.24) is 24.6 Å². The molecule has 1 aliphatic rings. The Morgan fingerprint density at radius 1 is 1.30 bits per heavy atom. The van der Waals surface area contributed by atoms with Crippen LogP contribution < -0.4 is 5.32 Å². The van der Waals surface area contributed by atoms with Crippen molar-refractivity contribution >= 4 is 11.7 Å². The lowest BCUT2D eigenvalue weighted by molar-refractivity contribution is -0.141. The molecule has 1 N–H and O–H groups in total. The zero-order valence-electron chi connectivity index (χ0n) is 13.8. The second kappa shape index (κ2) is 5.98. The van der Waals surface area contributed by atoms with Crippen molar-refractivity contribution in [2.75, 3.05) is 11.9 Å². The second-order valence-corrected chi connectivity index (χ2v) is 6.77. The Morgan fingerprint density at radius 3 is 2.83 bits per heavy atom. The van der Waals surface area contributed by atoms with Crippen molar-refractivity contribution in [1.29, 1.82) is 0 Å². The van der Waals surface area contributed by atoms with Crippen LogP contribution >= 0.6 is 0 Å². The van der Waals surface area contributed by atoms with E-state index in [1.54, 1.807) is 18.6 Å². The monoisotopic (exact) mass is 314 g/mol. The van der Waals surface area contributed by atoms with Crippen LogP contribution in [0.4, 0.5) is 5.82 Å². The maximum Gasteiger partial charge on any atom is 0.228 e. The van der Waals surface area contributed by atoms with Gasteiger partial charge in [-0.1, -0.05) is 20.8 Å². The van der Waals surface area contributed by atoms with Crippen molar-refractivity contribution in [3.8, 4) is 0 Å². The first kappa shape index (κ1) is 15.5. The Labute approximate surface area is 135 Å². The van der Waals surface area contributed by atoms with Gasteiger partial charge in [0.25, 0.3) is 0 Å².